The first-order valence-corrected chi connectivity index (χ1v) is 8.25. The van der Waals surface area contributed by atoms with Crippen molar-refractivity contribution in [2.24, 2.45) is 0 Å². The summed E-state index contributed by atoms with van der Waals surface area (Å²) in [6.45, 7) is 2.32. The zero-order valence-corrected chi connectivity index (χ0v) is 13.9. The fraction of sp³-hybridized carbons (Fsp3) is 0.211. The van der Waals surface area contributed by atoms with Crippen LogP contribution in [0.3, 0.4) is 0 Å². The summed E-state index contributed by atoms with van der Waals surface area (Å²) in [6.07, 6.45) is 3.20. The number of ether oxygens (including phenoxy) is 1. The standard InChI is InChI=1S/C19H16N4O3/c20-9-12-2-1-3-13(8-12)14-10-21-18-16(14)17(15(11-22-18)19(24)25)23-4-6-26-7-5-23/h1-3,8,10-11H,4-7H2,(H,21,22)(H,24,25). The molecular weight excluding hydrogens is 332 g/mol. The number of anilines is 1. The van der Waals surface area contributed by atoms with Crippen LogP contribution in [0, 0.1) is 11.3 Å². The zero-order chi connectivity index (χ0) is 18.1. The lowest BCUT2D eigenvalue weighted by Gasteiger charge is -2.30. The van der Waals surface area contributed by atoms with Crippen molar-refractivity contribution in [2.45, 2.75) is 0 Å². The SMILES string of the molecule is N#Cc1cccc(-c2c[nH]c3ncc(C(=O)O)c(N4CCOCC4)c23)c1. The van der Waals surface area contributed by atoms with Crippen molar-refractivity contribution >= 4 is 22.7 Å². The van der Waals surface area contributed by atoms with E-state index in [1.807, 2.05) is 23.2 Å². The molecule has 130 valence electrons. The van der Waals surface area contributed by atoms with E-state index in [0.717, 1.165) is 16.5 Å². The minimum atomic E-state index is -1.01. The number of carboxylic acids is 1. The van der Waals surface area contributed by atoms with Gasteiger partial charge < -0.3 is 19.7 Å². The van der Waals surface area contributed by atoms with E-state index in [4.69, 9.17) is 4.74 Å². The maximum atomic E-state index is 11.8. The van der Waals surface area contributed by atoms with Crippen LogP contribution in [0.4, 0.5) is 5.69 Å². The third-order valence-electron chi connectivity index (χ3n) is 4.53. The third kappa shape index (κ3) is 2.66. The van der Waals surface area contributed by atoms with Gasteiger partial charge in [-0.05, 0) is 17.7 Å². The number of hydrogen-bond donors (Lipinski definition) is 2. The fourth-order valence-electron chi connectivity index (χ4n) is 3.33. The van der Waals surface area contributed by atoms with Crippen molar-refractivity contribution in [1.82, 2.24) is 9.97 Å². The van der Waals surface area contributed by atoms with E-state index < -0.39 is 5.97 Å². The van der Waals surface area contributed by atoms with Gasteiger partial charge in [-0.1, -0.05) is 12.1 Å². The summed E-state index contributed by atoms with van der Waals surface area (Å²) in [5.74, 6) is -1.01. The first-order valence-electron chi connectivity index (χ1n) is 8.25. The Kier molecular flexibility index (Phi) is 4.03. The Morgan fingerprint density at radius 1 is 1.35 bits per heavy atom. The van der Waals surface area contributed by atoms with Crippen molar-refractivity contribution < 1.29 is 14.6 Å². The number of fused-ring (bicyclic) bond motifs is 1. The molecule has 26 heavy (non-hydrogen) atoms. The highest BCUT2D eigenvalue weighted by atomic mass is 16.5. The lowest BCUT2D eigenvalue weighted by atomic mass is 10.0. The highest BCUT2D eigenvalue weighted by molar-refractivity contribution is 6.10. The van der Waals surface area contributed by atoms with Crippen LogP contribution in [0.25, 0.3) is 22.2 Å². The van der Waals surface area contributed by atoms with Gasteiger partial charge in [0.2, 0.25) is 0 Å². The first kappa shape index (κ1) is 16.1. The normalized spacial score (nSPS) is 14.3. The van der Waals surface area contributed by atoms with Gasteiger partial charge in [-0.3, -0.25) is 0 Å². The molecule has 0 radical (unpaired) electrons. The van der Waals surface area contributed by atoms with E-state index in [2.05, 4.69) is 16.0 Å². The molecule has 1 aliphatic rings. The Balaban J connectivity index is 1.99. The number of nitrogens with zero attached hydrogens (tertiary/aromatic N) is 3. The van der Waals surface area contributed by atoms with Gasteiger partial charge in [-0.15, -0.1) is 0 Å². The summed E-state index contributed by atoms with van der Waals surface area (Å²) < 4.78 is 5.41. The van der Waals surface area contributed by atoms with Crippen molar-refractivity contribution in [1.29, 1.82) is 5.26 Å². The zero-order valence-electron chi connectivity index (χ0n) is 13.9. The van der Waals surface area contributed by atoms with Crippen molar-refractivity contribution in [3.63, 3.8) is 0 Å². The molecule has 0 spiro atoms. The molecule has 2 N–H and O–H groups in total. The van der Waals surface area contributed by atoms with Gasteiger partial charge in [-0.2, -0.15) is 5.26 Å². The number of nitrogens with one attached hydrogen (secondary N) is 1. The molecule has 2 aromatic heterocycles. The summed E-state index contributed by atoms with van der Waals surface area (Å²) in [7, 11) is 0. The Labute approximate surface area is 149 Å². The Morgan fingerprint density at radius 2 is 2.15 bits per heavy atom. The number of rotatable bonds is 3. The number of aromatic nitrogens is 2. The number of carboxylic acid groups (broad SMARTS) is 1. The molecule has 1 aromatic carbocycles. The average Bonchev–Trinajstić information content (AvgIpc) is 3.12. The van der Waals surface area contributed by atoms with Gasteiger partial charge in [0.25, 0.3) is 0 Å². The lowest BCUT2D eigenvalue weighted by molar-refractivity contribution is 0.0696. The summed E-state index contributed by atoms with van der Waals surface area (Å²) in [4.78, 5) is 21.3. The van der Waals surface area contributed by atoms with Crippen LogP contribution >= 0.6 is 0 Å². The molecule has 1 fully saturated rings. The monoisotopic (exact) mass is 348 g/mol. The van der Waals surface area contributed by atoms with Crippen LogP contribution in [0.5, 0.6) is 0 Å². The number of H-pyrrole nitrogens is 1. The van der Waals surface area contributed by atoms with E-state index in [9.17, 15) is 15.2 Å². The number of aromatic carboxylic acids is 1. The molecule has 0 saturated carbocycles. The summed E-state index contributed by atoms with van der Waals surface area (Å²) in [5.41, 5.74) is 3.64. The first-order chi connectivity index (χ1) is 12.7. The molecule has 0 bridgehead atoms. The molecule has 0 atom stereocenters. The number of pyridine rings is 1. The highest BCUT2D eigenvalue weighted by Gasteiger charge is 2.24. The smallest absolute Gasteiger partial charge is 0.339 e. The molecule has 3 heterocycles. The van der Waals surface area contributed by atoms with E-state index in [1.165, 1.54) is 6.20 Å². The molecule has 1 saturated heterocycles. The molecule has 7 heteroatoms. The van der Waals surface area contributed by atoms with Gasteiger partial charge in [0.1, 0.15) is 11.2 Å². The van der Waals surface area contributed by atoms with Crippen molar-refractivity contribution in [3.05, 3.63) is 47.8 Å². The largest absolute Gasteiger partial charge is 0.478 e. The summed E-state index contributed by atoms with van der Waals surface area (Å²) in [6, 6.07) is 9.38. The molecule has 0 unspecified atom stereocenters. The van der Waals surface area contributed by atoms with Gasteiger partial charge >= 0.3 is 5.97 Å². The van der Waals surface area contributed by atoms with Crippen LogP contribution in [0.2, 0.25) is 0 Å². The maximum absolute atomic E-state index is 11.8. The van der Waals surface area contributed by atoms with Gasteiger partial charge in [0.05, 0.1) is 35.9 Å². The van der Waals surface area contributed by atoms with Crippen LogP contribution in [-0.2, 0) is 4.74 Å². The van der Waals surface area contributed by atoms with E-state index in [1.54, 1.807) is 12.1 Å². The van der Waals surface area contributed by atoms with Crippen LogP contribution in [0.15, 0.2) is 36.7 Å². The van der Waals surface area contributed by atoms with Gasteiger partial charge in [-0.25, -0.2) is 9.78 Å². The van der Waals surface area contributed by atoms with Crippen LogP contribution in [-0.4, -0.2) is 47.3 Å². The van der Waals surface area contributed by atoms with Gasteiger partial charge in [0, 0.05) is 31.0 Å². The summed E-state index contributed by atoms with van der Waals surface area (Å²) >= 11 is 0. The second-order valence-electron chi connectivity index (χ2n) is 6.04. The third-order valence-corrected chi connectivity index (χ3v) is 4.53. The minimum absolute atomic E-state index is 0.164. The Bertz CT molecular complexity index is 1030. The minimum Gasteiger partial charge on any atom is -0.478 e. The van der Waals surface area contributed by atoms with Gasteiger partial charge in [0.15, 0.2) is 0 Å². The summed E-state index contributed by atoms with van der Waals surface area (Å²) in [5, 5.41) is 19.6. The lowest BCUT2D eigenvalue weighted by Crippen LogP contribution is -2.37. The second-order valence-corrected chi connectivity index (χ2v) is 6.04. The number of nitriles is 1. The Hall–Kier alpha value is -3.37. The number of morpholine rings is 1. The average molecular weight is 348 g/mol. The maximum Gasteiger partial charge on any atom is 0.339 e. The molecule has 3 aromatic rings. The number of hydrogen-bond acceptors (Lipinski definition) is 5. The van der Waals surface area contributed by atoms with Crippen molar-refractivity contribution in [2.75, 3.05) is 31.2 Å². The molecular formula is C19H16N4O3. The van der Waals surface area contributed by atoms with E-state index in [-0.39, 0.29) is 5.56 Å². The fourth-order valence-corrected chi connectivity index (χ4v) is 3.33. The molecule has 4 rings (SSSR count). The Morgan fingerprint density at radius 3 is 2.88 bits per heavy atom. The predicted molar refractivity (Wildman–Crippen MR) is 96.2 cm³/mol. The molecule has 1 aliphatic heterocycles. The number of aromatic amines is 1. The van der Waals surface area contributed by atoms with Crippen molar-refractivity contribution in [3.8, 4) is 17.2 Å². The van der Waals surface area contributed by atoms with Crippen LogP contribution in [0.1, 0.15) is 15.9 Å². The quantitative estimate of drug-likeness (QED) is 0.754. The molecule has 7 nitrogen and oxygen atoms in total. The second kappa shape index (κ2) is 6.50. The number of benzene rings is 1. The van der Waals surface area contributed by atoms with E-state index in [0.29, 0.717) is 43.2 Å². The van der Waals surface area contributed by atoms with E-state index >= 15 is 0 Å². The molecule has 0 amide bonds. The number of carbonyl (C=O) groups is 1. The predicted octanol–water partition coefficient (Wildman–Crippen LogP) is 2.64. The highest BCUT2D eigenvalue weighted by Crippen LogP contribution is 2.37. The molecule has 0 aliphatic carbocycles. The topological polar surface area (TPSA) is 102 Å². The van der Waals surface area contributed by atoms with Crippen LogP contribution < -0.4 is 4.90 Å².